The van der Waals surface area contributed by atoms with Crippen LogP contribution in [0, 0.1) is 6.92 Å². The van der Waals surface area contributed by atoms with Gasteiger partial charge in [-0.15, -0.1) is 0 Å². The Morgan fingerprint density at radius 2 is 1.97 bits per heavy atom. The van der Waals surface area contributed by atoms with Crippen molar-refractivity contribution >= 4 is 22.5 Å². The predicted octanol–water partition coefficient (Wildman–Crippen LogP) is 4.33. The molecular weight excluding hydrogens is 402 g/mol. The number of aromatic nitrogens is 4. The van der Waals surface area contributed by atoms with E-state index in [4.69, 9.17) is 0 Å². The number of nitrogens with one attached hydrogen (secondary N) is 3. The number of H-pyrrole nitrogens is 2. The number of rotatable bonds is 5. The first-order valence-electron chi connectivity index (χ1n) is 10.3. The number of aromatic amines is 2. The number of fused-ring (bicyclic) bond motifs is 1. The van der Waals surface area contributed by atoms with Crippen LogP contribution in [-0.2, 0) is 6.54 Å². The monoisotopic (exact) mass is 423 g/mol. The van der Waals surface area contributed by atoms with Crippen LogP contribution in [0.5, 0.6) is 0 Å². The van der Waals surface area contributed by atoms with Crippen molar-refractivity contribution in [1.29, 1.82) is 0 Å². The molecule has 3 aromatic heterocycles. The maximum Gasteiger partial charge on any atom is 0.258 e. The minimum absolute atomic E-state index is 0.236. The van der Waals surface area contributed by atoms with Gasteiger partial charge < -0.3 is 15.3 Å². The van der Waals surface area contributed by atoms with Crippen molar-refractivity contribution < 1.29 is 4.79 Å². The molecule has 7 nitrogen and oxygen atoms in total. The second kappa shape index (κ2) is 8.03. The summed E-state index contributed by atoms with van der Waals surface area (Å²) in [5.41, 5.74) is 5.08. The van der Waals surface area contributed by atoms with E-state index in [1.807, 2.05) is 55.5 Å². The first kappa shape index (κ1) is 19.6. The van der Waals surface area contributed by atoms with E-state index in [2.05, 4.69) is 26.4 Å². The third kappa shape index (κ3) is 3.96. The van der Waals surface area contributed by atoms with Gasteiger partial charge in [0.1, 0.15) is 0 Å². The van der Waals surface area contributed by atoms with Gasteiger partial charge in [-0.05, 0) is 30.7 Å². The number of nitrogens with zero attached hydrogens (tertiary/aromatic N) is 2. The molecule has 0 unspecified atom stereocenters. The van der Waals surface area contributed by atoms with Crippen LogP contribution < -0.4 is 10.9 Å². The van der Waals surface area contributed by atoms with Crippen molar-refractivity contribution in [3.05, 3.63) is 106 Å². The summed E-state index contributed by atoms with van der Waals surface area (Å²) in [6.45, 7) is 2.62. The van der Waals surface area contributed by atoms with Crippen molar-refractivity contribution in [2.24, 2.45) is 0 Å². The molecule has 0 saturated heterocycles. The van der Waals surface area contributed by atoms with E-state index in [0.29, 0.717) is 29.1 Å². The van der Waals surface area contributed by atoms with Gasteiger partial charge in [0, 0.05) is 23.3 Å². The second-order valence-electron chi connectivity index (χ2n) is 7.77. The summed E-state index contributed by atoms with van der Waals surface area (Å²) in [6.07, 6.45) is 4.74. The molecule has 0 aliphatic heterocycles. The topological polar surface area (TPSA) is 95.6 Å². The number of carbonyl (C=O) groups excluding carboxylic acids is 1. The molecule has 3 heterocycles. The number of aryl methyl sites for hydroxylation is 1. The highest BCUT2D eigenvalue weighted by molar-refractivity contribution is 6.04. The lowest BCUT2D eigenvalue weighted by atomic mass is 10.1. The van der Waals surface area contributed by atoms with Gasteiger partial charge in [-0.1, -0.05) is 48.0 Å². The SMILES string of the molecule is Cc1cccc(Cn2cc(C(=O)Nc3c[nH]c(=O)c(-c4cc5ccccc5[nH]4)c3)cn2)c1. The van der Waals surface area contributed by atoms with Crippen molar-refractivity contribution in [2.45, 2.75) is 13.5 Å². The van der Waals surface area contributed by atoms with Crippen LogP contribution >= 0.6 is 0 Å². The van der Waals surface area contributed by atoms with Gasteiger partial charge in [0.25, 0.3) is 11.5 Å². The molecule has 1 amide bonds. The van der Waals surface area contributed by atoms with Crippen LogP contribution in [0.3, 0.4) is 0 Å². The lowest BCUT2D eigenvalue weighted by Gasteiger charge is -2.05. The number of hydrogen-bond donors (Lipinski definition) is 3. The zero-order valence-electron chi connectivity index (χ0n) is 17.4. The Balaban J connectivity index is 1.35. The lowest BCUT2D eigenvalue weighted by Crippen LogP contribution is -2.15. The fourth-order valence-electron chi connectivity index (χ4n) is 3.74. The molecule has 0 aliphatic carbocycles. The molecule has 5 rings (SSSR count). The molecular formula is C25H21N5O2. The van der Waals surface area contributed by atoms with Crippen molar-refractivity contribution in [3.8, 4) is 11.3 Å². The van der Waals surface area contributed by atoms with Crippen molar-refractivity contribution in [1.82, 2.24) is 19.7 Å². The maximum absolute atomic E-state index is 12.7. The summed E-state index contributed by atoms with van der Waals surface area (Å²) in [5.74, 6) is -0.296. The maximum atomic E-state index is 12.7. The molecule has 158 valence electrons. The number of anilines is 1. The number of benzene rings is 2. The van der Waals surface area contributed by atoms with Crippen LogP contribution in [0.25, 0.3) is 22.2 Å². The highest BCUT2D eigenvalue weighted by atomic mass is 16.1. The zero-order valence-corrected chi connectivity index (χ0v) is 17.4. The van der Waals surface area contributed by atoms with Crippen LogP contribution in [0.4, 0.5) is 5.69 Å². The number of para-hydroxylation sites is 1. The largest absolute Gasteiger partial charge is 0.354 e. The van der Waals surface area contributed by atoms with Gasteiger partial charge >= 0.3 is 0 Å². The van der Waals surface area contributed by atoms with E-state index in [9.17, 15) is 9.59 Å². The number of carbonyl (C=O) groups is 1. The minimum atomic E-state index is -0.296. The average molecular weight is 423 g/mol. The Bertz CT molecular complexity index is 1460. The Morgan fingerprint density at radius 1 is 1.09 bits per heavy atom. The highest BCUT2D eigenvalue weighted by Crippen LogP contribution is 2.23. The molecule has 0 fully saturated rings. The van der Waals surface area contributed by atoms with E-state index in [0.717, 1.165) is 16.5 Å². The second-order valence-corrected chi connectivity index (χ2v) is 7.77. The first-order valence-corrected chi connectivity index (χ1v) is 10.3. The molecule has 5 aromatic rings. The summed E-state index contributed by atoms with van der Waals surface area (Å²) in [4.78, 5) is 31.1. The van der Waals surface area contributed by atoms with Crippen molar-refractivity contribution in [2.75, 3.05) is 5.32 Å². The summed E-state index contributed by atoms with van der Waals surface area (Å²) in [7, 11) is 0. The first-order chi connectivity index (χ1) is 15.5. The van der Waals surface area contributed by atoms with E-state index >= 15 is 0 Å². The smallest absolute Gasteiger partial charge is 0.258 e. The molecule has 32 heavy (non-hydrogen) atoms. The van der Waals surface area contributed by atoms with Gasteiger partial charge in [-0.2, -0.15) is 5.10 Å². The van der Waals surface area contributed by atoms with Crippen LogP contribution in [0.2, 0.25) is 0 Å². The molecule has 0 spiro atoms. The van der Waals surface area contributed by atoms with Gasteiger partial charge in [-0.25, -0.2) is 0 Å². The lowest BCUT2D eigenvalue weighted by molar-refractivity contribution is 0.102. The fourth-order valence-corrected chi connectivity index (χ4v) is 3.74. The normalized spacial score (nSPS) is 11.0. The standard InChI is InChI=1S/C25H21N5O2/c1-16-5-4-6-17(9-16)14-30-15-19(12-27-30)24(31)28-20-11-21(25(32)26-13-20)23-10-18-7-2-3-8-22(18)29-23/h2-13,15,29H,14H2,1H3,(H,26,32)(H,28,31). The van der Waals surface area contributed by atoms with Crippen molar-refractivity contribution in [3.63, 3.8) is 0 Å². The Morgan fingerprint density at radius 3 is 2.81 bits per heavy atom. The quantitative estimate of drug-likeness (QED) is 0.393. The van der Waals surface area contributed by atoms with E-state index in [1.54, 1.807) is 16.9 Å². The molecule has 0 saturated carbocycles. The zero-order chi connectivity index (χ0) is 22.1. The van der Waals surface area contributed by atoms with Crippen LogP contribution in [0.1, 0.15) is 21.5 Å². The van der Waals surface area contributed by atoms with E-state index < -0.39 is 0 Å². The number of amides is 1. The Kier molecular flexibility index (Phi) is 4.91. The van der Waals surface area contributed by atoms with Gasteiger partial charge in [0.15, 0.2) is 0 Å². The third-order valence-corrected chi connectivity index (χ3v) is 5.30. The molecule has 0 radical (unpaired) electrons. The minimum Gasteiger partial charge on any atom is -0.354 e. The fraction of sp³-hybridized carbons (Fsp3) is 0.0800. The molecule has 0 aliphatic rings. The molecule has 0 atom stereocenters. The van der Waals surface area contributed by atoms with Gasteiger partial charge in [0.2, 0.25) is 0 Å². The van der Waals surface area contributed by atoms with E-state index in [-0.39, 0.29) is 11.5 Å². The van der Waals surface area contributed by atoms with Gasteiger partial charge in [0.05, 0.1) is 35.2 Å². The summed E-state index contributed by atoms with van der Waals surface area (Å²) in [6, 6.07) is 19.6. The number of pyridine rings is 1. The van der Waals surface area contributed by atoms with E-state index in [1.165, 1.54) is 18.0 Å². The molecule has 0 bridgehead atoms. The summed E-state index contributed by atoms with van der Waals surface area (Å²) in [5, 5.41) is 8.15. The molecule has 3 N–H and O–H groups in total. The molecule has 7 heteroatoms. The predicted molar refractivity (Wildman–Crippen MR) is 125 cm³/mol. The van der Waals surface area contributed by atoms with Gasteiger partial charge in [-0.3, -0.25) is 14.3 Å². The van der Waals surface area contributed by atoms with Crippen LogP contribution in [0.15, 0.2) is 84.0 Å². The summed E-state index contributed by atoms with van der Waals surface area (Å²) < 4.78 is 1.73. The highest BCUT2D eigenvalue weighted by Gasteiger charge is 2.13. The van der Waals surface area contributed by atoms with Crippen LogP contribution in [-0.4, -0.2) is 25.7 Å². The summed E-state index contributed by atoms with van der Waals surface area (Å²) >= 11 is 0. The Hall–Kier alpha value is -4.39. The number of hydrogen-bond acceptors (Lipinski definition) is 3. The Labute approximate surface area is 183 Å². The average Bonchev–Trinajstić information content (AvgIpc) is 3.42. The molecule has 2 aromatic carbocycles. The third-order valence-electron chi connectivity index (χ3n) is 5.30.